The van der Waals surface area contributed by atoms with Gasteiger partial charge in [-0.2, -0.15) is 0 Å². The number of rotatable bonds is 8. The van der Waals surface area contributed by atoms with Crippen LogP contribution in [0.15, 0.2) is 18.2 Å². The predicted molar refractivity (Wildman–Crippen MR) is 84.6 cm³/mol. The molecule has 2 nitrogen and oxygen atoms in total. The summed E-state index contributed by atoms with van der Waals surface area (Å²) in [4.78, 5) is 2.30. The molecule has 0 aromatic heterocycles. The van der Waals surface area contributed by atoms with E-state index in [0.29, 0.717) is 18.2 Å². The van der Waals surface area contributed by atoms with E-state index in [4.69, 9.17) is 17.3 Å². The minimum atomic E-state index is -0.339. The number of hydrogen-bond acceptors (Lipinski definition) is 2. The van der Waals surface area contributed by atoms with E-state index < -0.39 is 0 Å². The van der Waals surface area contributed by atoms with Crippen LogP contribution in [0.2, 0.25) is 5.02 Å². The topological polar surface area (TPSA) is 29.3 Å². The number of benzene rings is 1. The third-order valence-corrected chi connectivity index (χ3v) is 4.18. The highest BCUT2D eigenvalue weighted by atomic mass is 35.5. The molecule has 20 heavy (non-hydrogen) atoms. The van der Waals surface area contributed by atoms with E-state index in [1.807, 2.05) is 0 Å². The second kappa shape index (κ2) is 8.60. The number of nitrogens with two attached hydrogens (primary N) is 1. The summed E-state index contributed by atoms with van der Waals surface area (Å²) >= 11 is 5.90. The standard InChI is InChI=1S/C16H26ClFN2/c1-4-6-10-20(12(3)5-2)15(11-19)13-8-7-9-14(17)16(13)18/h7-9,12,15H,4-6,10-11,19H2,1-3H3. The van der Waals surface area contributed by atoms with Gasteiger partial charge in [-0.25, -0.2) is 4.39 Å². The second-order valence-corrected chi connectivity index (χ2v) is 5.65. The van der Waals surface area contributed by atoms with E-state index in [9.17, 15) is 4.39 Å². The van der Waals surface area contributed by atoms with E-state index in [0.717, 1.165) is 25.8 Å². The molecule has 2 atom stereocenters. The molecule has 2 unspecified atom stereocenters. The first-order valence-electron chi connectivity index (χ1n) is 7.46. The summed E-state index contributed by atoms with van der Waals surface area (Å²) in [6.45, 7) is 7.79. The van der Waals surface area contributed by atoms with Crippen LogP contribution in [-0.2, 0) is 0 Å². The zero-order valence-electron chi connectivity index (χ0n) is 12.7. The van der Waals surface area contributed by atoms with Gasteiger partial charge >= 0.3 is 0 Å². The first-order valence-corrected chi connectivity index (χ1v) is 7.84. The first kappa shape index (κ1) is 17.4. The molecule has 0 aliphatic carbocycles. The third-order valence-electron chi connectivity index (χ3n) is 3.89. The molecule has 0 saturated heterocycles. The Morgan fingerprint density at radius 2 is 2.05 bits per heavy atom. The Hall–Kier alpha value is -0.640. The first-order chi connectivity index (χ1) is 9.56. The van der Waals surface area contributed by atoms with Gasteiger partial charge in [0, 0.05) is 18.2 Å². The molecule has 0 aliphatic rings. The van der Waals surface area contributed by atoms with Crippen molar-refractivity contribution < 1.29 is 4.39 Å². The molecular formula is C16H26ClFN2. The maximum Gasteiger partial charge on any atom is 0.146 e. The molecule has 1 aromatic rings. The fraction of sp³-hybridized carbons (Fsp3) is 0.625. The number of nitrogens with zero attached hydrogens (tertiary/aromatic N) is 1. The van der Waals surface area contributed by atoms with Crippen LogP contribution in [0.25, 0.3) is 0 Å². The Balaban J connectivity index is 3.08. The summed E-state index contributed by atoms with van der Waals surface area (Å²) in [5.74, 6) is -0.339. The molecule has 1 rings (SSSR count). The largest absolute Gasteiger partial charge is 0.329 e. The normalized spacial score (nSPS) is 14.6. The lowest BCUT2D eigenvalue weighted by molar-refractivity contribution is 0.138. The van der Waals surface area contributed by atoms with Crippen molar-refractivity contribution in [1.29, 1.82) is 0 Å². The van der Waals surface area contributed by atoms with E-state index in [1.54, 1.807) is 18.2 Å². The van der Waals surface area contributed by atoms with Crippen molar-refractivity contribution in [3.05, 3.63) is 34.6 Å². The minimum Gasteiger partial charge on any atom is -0.329 e. The Morgan fingerprint density at radius 3 is 2.60 bits per heavy atom. The van der Waals surface area contributed by atoms with Crippen molar-refractivity contribution >= 4 is 11.6 Å². The SMILES string of the molecule is CCCCN(C(C)CC)C(CN)c1cccc(Cl)c1F. The molecule has 0 fully saturated rings. The minimum absolute atomic E-state index is 0.116. The Bertz CT molecular complexity index is 411. The van der Waals surface area contributed by atoms with Crippen LogP contribution in [0, 0.1) is 5.82 Å². The van der Waals surface area contributed by atoms with Gasteiger partial charge in [-0.1, -0.05) is 44.0 Å². The zero-order chi connectivity index (χ0) is 15.1. The van der Waals surface area contributed by atoms with E-state index in [2.05, 4.69) is 25.7 Å². The highest BCUT2D eigenvalue weighted by molar-refractivity contribution is 6.30. The van der Waals surface area contributed by atoms with Crippen molar-refractivity contribution in [3.8, 4) is 0 Å². The van der Waals surface area contributed by atoms with Crippen molar-refractivity contribution in [2.75, 3.05) is 13.1 Å². The lowest BCUT2D eigenvalue weighted by atomic mass is 10.0. The zero-order valence-corrected chi connectivity index (χ0v) is 13.5. The van der Waals surface area contributed by atoms with Crippen molar-refractivity contribution in [3.63, 3.8) is 0 Å². The lowest BCUT2D eigenvalue weighted by Crippen LogP contribution is -2.40. The fourth-order valence-electron chi connectivity index (χ4n) is 2.48. The van der Waals surface area contributed by atoms with Gasteiger partial charge in [0.05, 0.1) is 11.1 Å². The Labute approximate surface area is 127 Å². The van der Waals surface area contributed by atoms with Gasteiger partial charge in [0.15, 0.2) is 0 Å². The van der Waals surface area contributed by atoms with Crippen LogP contribution >= 0.6 is 11.6 Å². The molecule has 0 radical (unpaired) electrons. The van der Waals surface area contributed by atoms with Crippen LogP contribution in [0.1, 0.15) is 51.6 Å². The molecule has 0 bridgehead atoms. The molecule has 4 heteroatoms. The number of halogens is 2. The molecule has 114 valence electrons. The van der Waals surface area contributed by atoms with Crippen LogP contribution in [-0.4, -0.2) is 24.0 Å². The van der Waals surface area contributed by atoms with Gasteiger partial charge in [0.2, 0.25) is 0 Å². The van der Waals surface area contributed by atoms with Crippen molar-refractivity contribution in [2.24, 2.45) is 5.73 Å². The van der Waals surface area contributed by atoms with Crippen molar-refractivity contribution in [1.82, 2.24) is 4.90 Å². The molecule has 2 N–H and O–H groups in total. The lowest BCUT2D eigenvalue weighted by Gasteiger charge is -2.36. The third kappa shape index (κ3) is 4.18. The Kier molecular flexibility index (Phi) is 7.49. The summed E-state index contributed by atoms with van der Waals surface area (Å²) in [5.41, 5.74) is 6.55. The van der Waals surface area contributed by atoms with Crippen LogP contribution < -0.4 is 5.73 Å². The molecule has 0 spiro atoms. The predicted octanol–water partition coefficient (Wildman–Crippen LogP) is 4.38. The highest BCUT2D eigenvalue weighted by Crippen LogP contribution is 2.29. The highest BCUT2D eigenvalue weighted by Gasteiger charge is 2.25. The summed E-state index contributed by atoms with van der Waals surface area (Å²) in [5, 5.41) is 0.167. The van der Waals surface area contributed by atoms with Gasteiger partial charge in [-0.3, -0.25) is 4.90 Å². The molecular weight excluding hydrogens is 275 g/mol. The summed E-state index contributed by atoms with van der Waals surface area (Å²) in [7, 11) is 0. The average molecular weight is 301 g/mol. The Morgan fingerprint density at radius 1 is 1.35 bits per heavy atom. The molecule has 0 heterocycles. The second-order valence-electron chi connectivity index (χ2n) is 5.24. The quantitative estimate of drug-likeness (QED) is 0.772. The maximum absolute atomic E-state index is 14.3. The summed E-state index contributed by atoms with van der Waals surface area (Å²) in [6.07, 6.45) is 3.22. The average Bonchev–Trinajstić information content (AvgIpc) is 2.46. The van der Waals surface area contributed by atoms with Gasteiger partial charge in [0.1, 0.15) is 5.82 Å². The van der Waals surface area contributed by atoms with Crippen LogP contribution in [0.4, 0.5) is 4.39 Å². The molecule has 0 aliphatic heterocycles. The van der Waals surface area contributed by atoms with E-state index in [-0.39, 0.29) is 16.9 Å². The molecule has 0 saturated carbocycles. The summed E-state index contributed by atoms with van der Waals surface area (Å²) in [6, 6.07) is 5.41. The summed E-state index contributed by atoms with van der Waals surface area (Å²) < 4.78 is 14.3. The smallest absolute Gasteiger partial charge is 0.146 e. The van der Waals surface area contributed by atoms with E-state index in [1.165, 1.54) is 0 Å². The number of hydrogen-bond donors (Lipinski definition) is 1. The molecule has 0 amide bonds. The van der Waals surface area contributed by atoms with Crippen LogP contribution in [0.5, 0.6) is 0 Å². The number of unbranched alkanes of at least 4 members (excludes halogenated alkanes) is 1. The molecule has 1 aromatic carbocycles. The fourth-order valence-corrected chi connectivity index (χ4v) is 2.66. The maximum atomic E-state index is 14.3. The van der Waals surface area contributed by atoms with E-state index >= 15 is 0 Å². The van der Waals surface area contributed by atoms with Gasteiger partial charge in [-0.05, 0) is 32.4 Å². The monoisotopic (exact) mass is 300 g/mol. The van der Waals surface area contributed by atoms with Gasteiger partial charge in [-0.15, -0.1) is 0 Å². The van der Waals surface area contributed by atoms with Crippen molar-refractivity contribution in [2.45, 2.75) is 52.1 Å². The van der Waals surface area contributed by atoms with Gasteiger partial charge in [0.25, 0.3) is 0 Å². The van der Waals surface area contributed by atoms with Crippen LogP contribution in [0.3, 0.4) is 0 Å². The van der Waals surface area contributed by atoms with Gasteiger partial charge < -0.3 is 5.73 Å².